The van der Waals surface area contributed by atoms with Crippen LogP contribution in [0.15, 0.2) is 36.5 Å². The lowest BCUT2D eigenvalue weighted by Gasteiger charge is -2.40. The van der Waals surface area contributed by atoms with Crippen LogP contribution in [0.3, 0.4) is 0 Å². The summed E-state index contributed by atoms with van der Waals surface area (Å²) >= 11 is 0. The van der Waals surface area contributed by atoms with Crippen molar-refractivity contribution in [1.82, 2.24) is 24.7 Å². The molecule has 5 nitrogen and oxygen atoms in total. The van der Waals surface area contributed by atoms with E-state index in [0.29, 0.717) is 12.1 Å². The van der Waals surface area contributed by atoms with E-state index in [0.717, 1.165) is 44.2 Å². The zero-order valence-corrected chi connectivity index (χ0v) is 15.9. The molecule has 1 aliphatic heterocycles. The monoisotopic (exact) mass is 341 g/mol. The van der Waals surface area contributed by atoms with Crippen LogP contribution in [-0.2, 0) is 7.05 Å². The van der Waals surface area contributed by atoms with Crippen LogP contribution in [0.1, 0.15) is 25.6 Å². The Morgan fingerprint density at radius 1 is 1.04 bits per heavy atom. The maximum atomic E-state index is 5.00. The summed E-state index contributed by atoms with van der Waals surface area (Å²) in [5.41, 5.74) is 2.33. The fourth-order valence-corrected chi connectivity index (χ4v) is 3.69. The van der Waals surface area contributed by atoms with Crippen molar-refractivity contribution >= 4 is 0 Å². The fourth-order valence-electron chi connectivity index (χ4n) is 3.69. The van der Waals surface area contributed by atoms with Gasteiger partial charge in [-0.15, -0.1) is 0 Å². The molecule has 1 aromatic carbocycles. The summed E-state index contributed by atoms with van der Waals surface area (Å²) in [6.07, 6.45) is 2.19. The first-order chi connectivity index (χ1) is 12.1. The van der Waals surface area contributed by atoms with E-state index in [9.17, 15) is 0 Å². The molecule has 3 rings (SSSR count). The topological polar surface area (TPSA) is 36.3 Å². The highest BCUT2D eigenvalue weighted by atomic mass is 15.3. The first-order valence-corrected chi connectivity index (χ1v) is 9.31. The minimum absolute atomic E-state index is 0.322. The van der Waals surface area contributed by atoms with Gasteiger partial charge in [0, 0.05) is 57.6 Å². The second-order valence-corrected chi connectivity index (χ2v) is 7.21. The largest absolute Gasteiger partial charge is 0.334 e. The molecule has 2 heterocycles. The Morgan fingerprint density at radius 3 is 2.28 bits per heavy atom. The zero-order chi connectivity index (χ0) is 17.8. The molecule has 1 aromatic heterocycles. The average molecular weight is 342 g/mol. The molecule has 2 aromatic rings. The Hall–Kier alpha value is -1.69. The summed E-state index contributed by atoms with van der Waals surface area (Å²) in [6, 6.07) is 11.4. The summed E-state index contributed by atoms with van der Waals surface area (Å²) in [4.78, 5) is 10.1. The summed E-state index contributed by atoms with van der Waals surface area (Å²) in [7, 11) is 4.12. The van der Waals surface area contributed by atoms with Gasteiger partial charge in [-0.3, -0.25) is 9.80 Å². The summed E-state index contributed by atoms with van der Waals surface area (Å²) in [5, 5.41) is 3.36. The molecule has 1 fully saturated rings. The Balaban J connectivity index is 1.80. The Morgan fingerprint density at radius 2 is 1.68 bits per heavy atom. The molecule has 5 heteroatoms. The first kappa shape index (κ1) is 18.1. The second-order valence-electron chi connectivity index (χ2n) is 7.21. The van der Waals surface area contributed by atoms with Crippen LogP contribution in [0, 0.1) is 0 Å². The number of aromatic nitrogens is 2. The molecule has 0 bridgehead atoms. The zero-order valence-electron chi connectivity index (χ0n) is 15.9. The van der Waals surface area contributed by atoms with E-state index in [2.05, 4.69) is 71.0 Å². The Bertz CT molecular complexity index is 656. The van der Waals surface area contributed by atoms with Gasteiger partial charge < -0.3 is 9.88 Å². The van der Waals surface area contributed by atoms with Crippen LogP contribution < -0.4 is 5.32 Å². The van der Waals surface area contributed by atoms with Gasteiger partial charge in [-0.05, 0) is 20.9 Å². The molecule has 0 amide bonds. The number of nitrogens with one attached hydrogen (secondary N) is 1. The third kappa shape index (κ3) is 4.11. The van der Waals surface area contributed by atoms with Crippen molar-refractivity contribution in [2.45, 2.75) is 25.9 Å². The summed E-state index contributed by atoms with van der Waals surface area (Å²) in [5.74, 6) is 1.04. The first-order valence-electron chi connectivity index (χ1n) is 9.31. The molecule has 0 saturated carbocycles. The standard InChI is InChI=1S/C20H31N5/c1-16(2)24-10-12-25(13-11-24)19(14-21-3)18-15-23(4)20(22-18)17-8-6-5-7-9-17/h5-9,15-16,19,21H,10-14H2,1-4H3. The number of hydrogen-bond donors (Lipinski definition) is 1. The molecular formula is C20H31N5. The van der Waals surface area contributed by atoms with Crippen LogP contribution in [0.25, 0.3) is 11.4 Å². The van der Waals surface area contributed by atoms with Gasteiger partial charge in [0.2, 0.25) is 0 Å². The second kappa shape index (κ2) is 8.13. The number of likely N-dealkylation sites (N-methyl/N-ethyl adjacent to an activating group) is 1. The highest BCUT2D eigenvalue weighted by Gasteiger charge is 2.27. The van der Waals surface area contributed by atoms with E-state index >= 15 is 0 Å². The van der Waals surface area contributed by atoms with Crippen molar-refractivity contribution in [2.24, 2.45) is 7.05 Å². The van der Waals surface area contributed by atoms with Crippen molar-refractivity contribution in [1.29, 1.82) is 0 Å². The van der Waals surface area contributed by atoms with E-state index in [-0.39, 0.29) is 0 Å². The molecule has 25 heavy (non-hydrogen) atoms. The van der Waals surface area contributed by atoms with Crippen LogP contribution >= 0.6 is 0 Å². The molecule has 136 valence electrons. The van der Waals surface area contributed by atoms with Gasteiger partial charge in [0.25, 0.3) is 0 Å². The molecule has 0 radical (unpaired) electrons. The van der Waals surface area contributed by atoms with Crippen LogP contribution in [0.5, 0.6) is 0 Å². The van der Waals surface area contributed by atoms with Gasteiger partial charge in [-0.2, -0.15) is 0 Å². The summed E-state index contributed by atoms with van der Waals surface area (Å²) < 4.78 is 2.15. The highest BCUT2D eigenvalue weighted by molar-refractivity contribution is 5.55. The highest BCUT2D eigenvalue weighted by Crippen LogP contribution is 2.25. The third-order valence-corrected chi connectivity index (χ3v) is 5.19. The van der Waals surface area contributed by atoms with Gasteiger partial charge in [-0.25, -0.2) is 4.98 Å². The Labute approximate surface area is 151 Å². The molecule has 1 atom stereocenters. The Kier molecular flexibility index (Phi) is 5.89. The van der Waals surface area contributed by atoms with E-state index in [1.54, 1.807) is 0 Å². The maximum absolute atomic E-state index is 5.00. The number of piperazine rings is 1. The molecule has 1 N–H and O–H groups in total. The number of rotatable bonds is 6. The van der Waals surface area contributed by atoms with Crippen molar-refractivity contribution in [3.05, 3.63) is 42.2 Å². The van der Waals surface area contributed by atoms with Gasteiger partial charge in [-0.1, -0.05) is 30.3 Å². The molecular weight excluding hydrogens is 310 g/mol. The molecule has 0 spiro atoms. The van der Waals surface area contributed by atoms with Crippen LogP contribution in [0.4, 0.5) is 0 Å². The summed E-state index contributed by atoms with van der Waals surface area (Å²) in [6.45, 7) is 9.96. The quantitative estimate of drug-likeness (QED) is 0.875. The van der Waals surface area contributed by atoms with E-state index in [1.807, 2.05) is 13.1 Å². The van der Waals surface area contributed by atoms with Crippen molar-refractivity contribution in [3.8, 4) is 11.4 Å². The number of imidazole rings is 1. The normalized spacial score (nSPS) is 18.0. The van der Waals surface area contributed by atoms with Gasteiger partial charge in [0.15, 0.2) is 0 Å². The number of benzene rings is 1. The van der Waals surface area contributed by atoms with Gasteiger partial charge >= 0.3 is 0 Å². The predicted molar refractivity (Wildman–Crippen MR) is 104 cm³/mol. The molecule has 0 aliphatic carbocycles. The number of aryl methyl sites for hydroxylation is 1. The number of hydrogen-bond acceptors (Lipinski definition) is 4. The molecule has 1 aliphatic rings. The lowest BCUT2D eigenvalue weighted by Crippen LogP contribution is -2.51. The maximum Gasteiger partial charge on any atom is 0.140 e. The van der Waals surface area contributed by atoms with E-state index in [4.69, 9.17) is 4.98 Å². The van der Waals surface area contributed by atoms with Gasteiger partial charge in [0.1, 0.15) is 5.82 Å². The van der Waals surface area contributed by atoms with E-state index in [1.165, 1.54) is 5.56 Å². The minimum atomic E-state index is 0.322. The number of nitrogens with zero attached hydrogens (tertiary/aromatic N) is 4. The van der Waals surface area contributed by atoms with Crippen molar-refractivity contribution < 1.29 is 0 Å². The van der Waals surface area contributed by atoms with E-state index < -0.39 is 0 Å². The third-order valence-electron chi connectivity index (χ3n) is 5.19. The van der Waals surface area contributed by atoms with Crippen molar-refractivity contribution in [2.75, 3.05) is 39.8 Å². The fraction of sp³-hybridized carbons (Fsp3) is 0.550. The predicted octanol–water partition coefficient (Wildman–Crippen LogP) is 2.37. The van der Waals surface area contributed by atoms with Crippen LogP contribution in [-0.4, -0.2) is 65.2 Å². The lowest BCUT2D eigenvalue weighted by molar-refractivity contribution is 0.0768. The average Bonchev–Trinajstić information content (AvgIpc) is 3.02. The lowest BCUT2D eigenvalue weighted by atomic mass is 10.1. The van der Waals surface area contributed by atoms with Gasteiger partial charge in [0.05, 0.1) is 11.7 Å². The van der Waals surface area contributed by atoms with Crippen LogP contribution in [0.2, 0.25) is 0 Å². The SMILES string of the molecule is CNCC(c1cn(C)c(-c2ccccc2)n1)N1CCN(C(C)C)CC1. The molecule has 1 unspecified atom stereocenters. The smallest absolute Gasteiger partial charge is 0.140 e. The molecule has 1 saturated heterocycles. The van der Waals surface area contributed by atoms with Crippen molar-refractivity contribution in [3.63, 3.8) is 0 Å². The minimum Gasteiger partial charge on any atom is -0.334 e.